The van der Waals surface area contributed by atoms with Crippen molar-refractivity contribution in [2.45, 2.75) is 11.3 Å². The molecule has 1 atom stereocenters. The van der Waals surface area contributed by atoms with Crippen molar-refractivity contribution in [2.24, 2.45) is 5.92 Å². The van der Waals surface area contributed by atoms with Gasteiger partial charge in [0.2, 0.25) is 0 Å². The standard InChI is InChI=1S/C10H11S/c1-8-6-9-4-2-3-5-10(9)11-7-8/h2-5,8H,1,6-7H2. The van der Waals surface area contributed by atoms with Gasteiger partial charge in [0.25, 0.3) is 0 Å². The molecule has 1 radical (unpaired) electrons. The SMILES string of the molecule is [CH2]C1CSc2ccccc2C1. The number of thioether (sulfide) groups is 1. The van der Waals surface area contributed by atoms with E-state index in [2.05, 4.69) is 31.2 Å². The van der Waals surface area contributed by atoms with Gasteiger partial charge in [-0.2, -0.15) is 0 Å². The Morgan fingerprint density at radius 3 is 3.09 bits per heavy atom. The number of benzene rings is 1. The molecule has 0 aliphatic carbocycles. The van der Waals surface area contributed by atoms with E-state index in [1.807, 2.05) is 11.8 Å². The lowest BCUT2D eigenvalue weighted by atomic mass is 10.0. The molecule has 1 aromatic carbocycles. The highest BCUT2D eigenvalue weighted by molar-refractivity contribution is 7.99. The number of fused-ring (bicyclic) bond motifs is 1. The van der Waals surface area contributed by atoms with Gasteiger partial charge in [0.15, 0.2) is 0 Å². The molecule has 0 fully saturated rings. The highest BCUT2D eigenvalue weighted by atomic mass is 32.2. The third kappa shape index (κ3) is 1.43. The van der Waals surface area contributed by atoms with Crippen LogP contribution in [0.2, 0.25) is 0 Å². The molecule has 2 rings (SSSR count). The molecule has 1 aliphatic rings. The van der Waals surface area contributed by atoms with E-state index in [9.17, 15) is 0 Å². The summed E-state index contributed by atoms with van der Waals surface area (Å²) >= 11 is 1.93. The first kappa shape index (κ1) is 7.23. The summed E-state index contributed by atoms with van der Waals surface area (Å²) in [7, 11) is 0. The summed E-state index contributed by atoms with van der Waals surface area (Å²) in [5.41, 5.74) is 1.48. The molecule has 0 spiro atoms. The maximum atomic E-state index is 4.08. The van der Waals surface area contributed by atoms with Crippen molar-refractivity contribution in [1.29, 1.82) is 0 Å². The third-order valence-electron chi connectivity index (χ3n) is 1.96. The van der Waals surface area contributed by atoms with Crippen molar-refractivity contribution in [1.82, 2.24) is 0 Å². The van der Waals surface area contributed by atoms with Crippen LogP contribution in [0.1, 0.15) is 5.56 Å². The number of hydrogen-bond donors (Lipinski definition) is 0. The molecule has 1 unspecified atom stereocenters. The summed E-state index contributed by atoms with van der Waals surface area (Å²) in [6, 6.07) is 8.62. The molecule has 0 amide bonds. The molecule has 0 aromatic heterocycles. The van der Waals surface area contributed by atoms with E-state index in [-0.39, 0.29) is 0 Å². The van der Waals surface area contributed by atoms with Crippen LogP contribution in [0.3, 0.4) is 0 Å². The number of hydrogen-bond acceptors (Lipinski definition) is 1. The van der Waals surface area contributed by atoms with E-state index < -0.39 is 0 Å². The summed E-state index contributed by atoms with van der Waals surface area (Å²) < 4.78 is 0. The maximum absolute atomic E-state index is 4.08. The Balaban J connectivity index is 2.34. The van der Waals surface area contributed by atoms with Crippen molar-refractivity contribution < 1.29 is 0 Å². The van der Waals surface area contributed by atoms with Gasteiger partial charge in [0.1, 0.15) is 0 Å². The van der Waals surface area contributed by atoms with Crippen LogP contribution in [-0.2, 0) is 6.42 Å². The van der Waals surface area contributed by atoms with Crippen molar-refractivity contribution in [3.8, 4) is 0 Å². The quantitative estimate of drug-likeness (QED) is 0.566. The van der Waals surface area contributed by atoms with Gasteiger partial charge in [-0.3, -0.25) is 0 Å². The zero-order valence-corrected chi connectivity index (χ0v) is 7.23. The average molecular weight is 163 g/mol. The minimum absolute atomic E-state index is 0.606. The molecule has 57 valence electrons. The topological polar surface area (TPSA) is 0 Å². The molecule has 0 nitrogen and oxygen atoms in total. The Kier molecular flexibility index (Phi) is 1.91. The van der Waals surface area contributed by atoms with E-state index in [0.717, 1.165) is 6.42 Å². The molecule has 1 aromatic rings. The molecule has 0 saturated carbocycles. The predicted molar refractivity (Wildman–Crippen MR) is 49.7 cm³/mol. The monoisotopic (exact) mass is 163 g/mol. The Hall–Kier alpha value is -0.430. The van der Waals surface area contributed by atoms with Gasteiger partial charge in [-0.1, -0.05) is 18.2 Å². The lowest BCUT2D eigenvalue weighted by Crippen LogP contribution is -2.09. The van der Waals surface area contributed by atoms with E-state index in [0.29, 0.717) is 5.92 Å². The van der Waals surface area contributed by atoms with Crippen molar-refractivity contribution >= 4 is 11.8 Å². The predicted octanol–water partition coefficient (Wildman–Crippen LogP) is 2.79. The summed E-state index contributed by atoms with van der Waals surface area (Å²) in [6.45, 7) is 4.08. The highest BCUT2D eigenvalue weighted by Crippen LogP contribution is 2.31. The fraction of sp³-hybridized carbons (Fsp3) is 0.300. The normalized spacial score (nSPS) is 22.8. The first-order chi connectivity index (χ1) is 5.36. The number of rotatable bonds is 0. The van der Waals surface area contributed by atoms with Gasteiger partial charge in [-0.15, -0.1) is 11.8 Å². The molecule has 1 heteroatoms. The van der Waals surface area contributed by atoms with Crippen molar-refractivity contribution in [2.75, 3.05) is 5.75 Å². The second-order valence-corrected chi connectivity index (χ2v) is 4.05. The summed E-state index contributed by atoms with van der Waals surface area (Å²) in [5, 5.41) is 0. The Bertz CT molecular complexity index is 255. The lowest BCUT2D eigenvalue weighted by molar-refractivity contribution is 0.708. The Morgan fingerprint density at radius 2 is 2.18 bits per heavy atom. The van der Waals surface area contributed by atoms with Crippen LogP contribution in [0.4, 0.5) is 0 Å². The molecular weight excluding hydrogens is 152 g/mol. The van der Waals surface area contributed by atoms with Gasteiger partial charge in [0.05, 0.1) is 0 Å². The second kappa shape index (κ2) is 2.90. The maximum Gasteiger partial charge on any atom is 0.0104 e. The minimum atomic E-state index is 0.606. The average Bonchev–Trinajstić information content (AvgIpc) is 2.04. The molecule has 0 saturated heterocycles. The molecule has 1 aliphatic heterocycles. The van der Waals surface area contributed by atoms with E-state index in [4.69, 9.17) is 0 Å². The van der Waals surface area contributed by atoms with Crippen LogP contribution in [0, 0.1) is 12.8 Å². The summed E-state index contributed by atoms with van der Waals surface area (Å²) in [4.78, 5) is 1.45. The van der Waals surface area contributed by atoms with E-state index in [1.165, 1.54) is 16.2 Å². The zero-order valence-electron chi connectivity index (χ0n) is 6.42. The van der Waals surface area contributed by atoms with Gasteiger partial charge < -0.3 is 0 Å². The smallest absolute Gasteiger partial charge is 0.0104 e. The van der Waals surface area contributed by atoms with Crippen molar-refractivity contribution in [3.63, 3.8) is 0 Å². The van der Waals surface area contributed by atoms with Crippen molar-refractivity contribution in [3.05, 3.63) is 36.8 Å². The molecular formula is C10H11S. The fourth-order valence-electron chi connectivity index (χ4n) is 1.39. The summed E-state index contributed by atoms with van der Waals surface area (Å²) in [6.07, 6.45) is 1.16. The highest BCUT2D eigenvalue weighted by Gasteiger charge is 2.13. The molecule has 0 bridgehead atoms. The molecule has 0 N–H and O–H groups in total. The molecule has 1 heterocycles. The van der Waals surface area contributed by atoms with Crippen LogP contribution in [0.15, 0.2) is 29.2 Å². The van der Waals surface area contributed by atoms with Crippen LogP contribution >= 0.6 is 11.8 Å². The van der Waals surface area contributed by atoms with Crippen LogP contribution in [0.25, 0.3) is 0 Å². The first-order valence-corrected chi connectivity index (χ1v) is 4.88. The van der Waals surface area contributed by atoms with Gasteiger partial charge >= 0.3 is 0 Å². The third-order valence-corrected chi connectivity index (χ3v) is 3.30. The first-order valence-electron chi connectivity index (χ1n) is 3.90. The second-order valence-electron chi connectivity index (χ2n) is 2.99. The van der Waals surface area contributed by atoms with Crippen LogP contribution < -0.4 is 0 Å². The van der Waals surface area contributed by atoms with Gasteiger partial charge in [-0.25, -0.2) is 0 Å². The Morgan fingerprint density at radius 1 is 1.36 bits per heavy atom. The van der Waals surface area contributed by atoms with E-state index in [1.54, 1.807) is 0 Å². The largest absolute Gasteiger partial charge is 0.126 e. The van der Waals surface area contributed by atoms with E-state index >= 15 is 0 Å². The minimum Gasteiger partial charge on any atom is -0.126 e. The Labute approximate surface area is 72.0 Å². The zero-order chi connectivity index (χ0) is 7.68. The lowest BCUT2D eigenvalue weighted by Gasteiger charge is -2.19. The summed E-state index contributed by atoms with van der Waals surface area (Å²) in [5.74, 6) is 1.78. The van der Waals surface area contributed by atoms with Crippen LogP contribution in [-0.4, -0.2) is 5.75 Å². The molecule has 11 heavy (non-hydrogen) atoms. The van der Waals surface area contributed by atoms with Crippen LogP contribution in [0.5, 0.6) is 0 Å². The van der Waals surface area contributed by atoms with Gasteiger partial charge in [0, 0.05) is 10.6 Å². The van der Waals surface area contributed by atoms with Gasteiger partial charge in [-0.05, 0) is 30.9 Å². The fourth-order valence-corrected chi connectivity index (χ4v) is 2.44.